The lowest BCUT2D eigenvalue weighted by Crippen LogP contribution is -2.58. The van der Waals surface area contributed by atoms with Gasteiger partial charge in [0.05, 0.1) is 18.9 Å². The quantitative estimate of drug-likeness (QED) is 0.0399. The fraction of sp³-hybridized carbons (Fsp3) is 0.600. The second-order valence-corrected chi connectivity index (χ2v) is 8.29. The minimum Gasteiger partial charge on any atom is -0.481 e. The predicted octanol–water partition coefficient (Wildman–Crippen LogP) is -5.69. The number of carboxylic acids is 2. The Hall–Kier alpha value is -4.68. The van der Waals surface area contributed by atoms with Crippen LogP contribution in [0.15, 0.2) is 9.98 Å². The summed E-state index contributed by atoms with van der Waals surface area (Å²) in [6, 6.07) is -5.97. The van der Waals surface area contributed by atoms with Crippen LogP contribution in [0.4, 0.5) is 0 Å². The highest BCUT2D eigenvalue weighted by Gasteiger charge is 2.32. The van der Waals surface area contributed by atoms with Gasteiger partial charge in [-0.1, -0.05) is 0 Å². The molecule has 39 heavy (non-hydrogen) atoms. The fourth-order valence-corrected chi connectivity index (χ4v) is 3.03. The highest BCUT2D eigenvalue weighted by molar-refractivity contribution is 5.97. The molecule has 0 fully saturated rings. The van der Waals surface area contributed by atoms with Crippen molar-refractivity contribution in [1.82, 2.24) is 16.0 Å². The van der Waals surface area contributed by atoms with Gasteiger partial charge in [0, 0.05) is 13.1 Å². The predicted molar refractivity (Wildman–Crippen MR) is 137 cm³/mol. The summed E-state index contributed by atoms with van der Waals surface area (Å²) in [5.41, 5.74) is 31.7. The summed E-state index contributed by atoms with van der Waals surface area (Å²) in [5.74, 6) is -7.39. The molecule has 0 heterocycles. The molecular weight excluding hydrogens is 522 g/mol. The molecule has 4 unspecified atom stereocenters. The van der Waals surface area contributed by atoms with Gasteiger partial charge in [-0.2, -0.15) is 0 Å². The zero-order valence-electron chi connectivity index (χ0n) is 21.2. The van der Waals surface area contributed by atoms with Crippen molar-refractivity contribution in [3.05, 3.63) is 0 Å². The molecule has 19 heteroatoms. The van der Waals surface area contributed by atoms with Crippen LogP contribution >= 0.6 is 0 Å². The number of primary amides is 1. The van der Waals surface area contributed by atoms with E-state index in [1.165, 1.54) is 0 Å². The maximum atomic E-state index is 12.8. The van der Waals surface area contributed by atoms with E-state index in [1.54, 1.807) is 0 Å². The number of nitrogens with one attached hydrogen (secondary N) is 3. The topological polar surface area (TPSA) is 360 Å². The average Bonchev–Trinajstić information content (AvgIpc) is 2.81. The number of hydrogen-bond acceptors (Lipinski definition) is 9. The van der Waals surface area contributed by atoms with Crippen molar-refractivity contribution in [2.45, 2.75) is 62.7 Å². The highest BCUT2D eigenvalue weighted by atomic mass is 16.4. The van der Waals surface area contributed by atoms with E-state index in [9.17, 15) is 39.0 Å². The van der Waals surface area contributed by atoms with E-state index >= 15 is 0 Å². The number of aliphatic carboxylic acids is 2. The molecule has 19 nitrogen and oxygen atoms in total. The van der Waals surface area contributed by atoms with Crippen molar-refractivity contribution in [3.63, 3.8) is 0 Å². The maximum Gasteiger partial charge on any atom is 0.326 e. The molecule has 17 N–H and O–H groups in total. The minimum absolute atomic E-state index is 0.0798. The number of hydrogen-bond donors (Lipinski definition) is 11. The van der Waals surface area contributed by atoms with E-state index in [1.807, 2.05) is 0 Å². The van der Waals surface area contributed by atoms with Crippen LogP contribution in [0, 0.1) is 0 Å². The summed E-state index contributed by atoms with van der Waals surface area (Å²) in [6.07, 6.45) is -1.19. The number of nitrogens with zero attached hydrogens (tertiary/aromatic N) is 2. The molecule has 0 aliphatic rings. The van der Waals surface area contributed by atoms with Gasteiger partial charge in [-0.25, -0.2) is 4.79 Å². The second kappa shape index (κ2) is 17.7. The number of carboxylic acid groups (broad SMARTS) is 2. The van der Waals surface area contributed by atoms with E-state index < -0.39 is 72.6 Å². The van der Waals surface area contributed by atoms with E-state index in [4.69, 9.17) is 34.4 Å². The van der Waals surface area contributed by atoms with E-state index in [2.05, 4.69) is 25.9 Å². The summed E-state index contributed by atoms with van der Waals surface area (Å²) in [5, 5.41) is 25.0. The molecule has 0 saturated heterocycles. The third-order valence-electron chi connectivity index (χ3n) is 4.91. The van der Waals surface area contributed by atoms with Crippen LogP contribution in [-0.2, 0) is 28.8 Å². The van der Waals surface area contributed by atoms with Gasteiger partial charge >= 0.3 is 11.9 Å². The smallest absolute Gasteiger partial charge is 0.326 e. The Bertz CT molecular complexity index is 948. The monoisotopic (exact) mass is 559 g/mol. The first-order chi connectivity index (χ1) is 18.1. The zero-order chi connectivity index (χ0) is 30.1. The number of carbonyl (C=O) groups is 6. The van der Waals surface area contributed by atoms with E-state index in [0.717, 1.165) is 0 Å². The Morgan fingerprint density at radius 3 is 1.51 bits per heavy atom. The highest BCUT2D eigenvalue weighted by Crippen LogP contribution is 2.04. The lowest BCUT2D eigenvalue weighted by molar-refractivity contribution is -0.143. The Kier molecular flexibility index (Phi) is 15.6. The van der Waals surface area contributed by atoms with Gasteiger partial charge in [0.2, 0.25) is 23.6 Å². The Labute approximate surface area is 223 Å². The molecule has 0 aromatic rings. The molecule has 0 aliphatic carbocycles. The average molecular weight is 560 g/mol. The van der Waals surface area contributed by atoms with Crippen LogP contribution < -0.4 is 50.4 Å². The number of nitrogens with two attached hydrogens (primary N) is 6. The lowest BCUT2D eigenvalue weighted by Gasteiger charge is -2.24. The van der Waals surface area contributed by atoms with Crippen molar-refractivity contribution in [1.29, 1.82) is 0 Å². The summed E-state index contributed by atoms with van der Waals surface area (Å²) in [7, 11) is 0. The standard InChI is InChI=1S/C20H37N11O8/c21-9(3-1-5-27-19(23)24)15(35)30-12(8-14(33)34)17(37)31-11(7-13(22)32)16(36)29-10(18(38)39)4-2-6-28-20(25)26/h9-12H,1-8,21H2,(H2,22,32)(H,29,36)(H,30,35)(H,31,37)(H,33,34)(H,38,39)(H4,23,24,27)(H4,25,26,28). The van der Waals surface area contributed by atoms with Gasteiger partial charge < -0.3 is 60.6 Å². The second-order valence-electron chi connectivity index (χ2n) is 8.29. The van der Waals surface area contributed by atoms with Crippen LogP contribution in [0.1, 0.15) is 38.5 Å². The third-order valence-corrected chi connectivity index (χ3v) is 4.91. The molecule has 0 bridgehead atoms. The van der Waals surface area contributed by atoms with E-state index in [0.29, 0.717) is 6.42 Å². The third kappa shape index (κ3) is 15.9. The van der Waals surface area contributed by atoms with Crippen LogP contribution in [0.5, 0.6) is 0 Å². The Morgan fingerprint density at radius 1 is 0.641 bits per heavy atom. The molecule has 0 radical (unpaired) electrons. The van der Waals surface area contributed by atoms with Gasteiger partial charge in [-0.15, -0.1) is 0 Å². The van der Waals surface area contributed by atoms with Gasteiger partial charge in [0.25, 0.3) is 0 Å². The molecular formula is C20H37N11O8. The first kappa shape index (κ1) is 34.3. The summed E-state index contributed by atoms with van der Waals surface area (Å²) in [4.78, 5) is 79.7. The molecule has 0 saturated carbocycles. The van der Waals surface area contributed by atoms with Gasteiger partial charge in [0.15, 0.2) is 11.9 Å². The molecule has 0 aromatic carbocycles. The largest absolute Gasteiger partial charge is 0.481 e. The molecule has 0 rings (SSSR count). The Balaban J connectivity index is 5.44. The maximum absolute atomic E-state index is 12.8. The van der Waals surface area contributed by atoms with Crippen LogP contribution in [0.2, 0.25) is 0 Å². The van der Waals surface area contributed by atoms with Gasteiger partial charge in [-0.3, -0.25) is 34.0 Å². The number of amides is 4. The van der Waals surface area contributed by atoms with Crippen molar-refractivity contribution in [3.8, 4) is 0 Å². The van der Waals surface area contributed by atoms with Crippen molar-refractivity contribution < 1.29 is 39.0 Å². The first-order valence-electron chi connectivity index (χ1n) is 11.6. The van der Waals surface area contributed by atoms with Crippen LogP contribution in [0.25, 0.3) is 0 Å². The molecule has 4 atom stereocenters. The molecule has 0 aliphatic heterocycles. The van der Waals surface area contributed by atoms with Crippen molar-refractivity contribution >= 4 is 47.5 Å². The molecule has 0 spiro atoms. The summed E-state index contributed by atoms with van der Waals surface area (Å²) >= 11 is 0. The Morgan fingerprint density at radius 2 is 1.08 bits per heavy atom. The molecule has 220 valence electrons. The van der Waals surface area contributed by atoms with Crippen molar-refractivity contribution in [2.75, 3.05) is 13.1 Å². The summed E-state index contributed by atoms with van der Waals surface area (Å²) < 4.78 is 0. The number of carbonyl (C=O) groups excluding carboxylic acids is 4. The lowest BCUT2D eigenvalue weighted by atomic mass is 10.1. The van der Waals surface area contributed by atoms with Crippen molar-refractivity contribution in [2.24, 2.45) is 44.4 Å². The molecule has 0 aromatic heterocycles. The minimum atomic E-state index is -1.70. The SMILES string of the molecule is NC(=O)CC(NC(=O)C(CC(=O)O)NC(=O)C(N)CCCN=C(N)N)C(=O)NC(CCCN=C(N)N)C(=O)O. The van der Waals surface area contributed by atoms with Gasteiger partial charge in [0.1, 0.15) is 18.1 Å². The number of aliphatic imine (C=N–C) groups is 2. The van der Waals surface area contributed by atoms with E-state index in [-0.39, 0.29) is 44.3 Å². The van der Waals surface area contributed by atoms with Crippen LogP contribution in [-0.4, -0.2) is 95.0 Å². The normalized spacial score (nSPS) is 13.5. The number of guanidine groups is 2. The fourth-order valence-electron chi connectivity index (χ4n) is 3.03. The van der Waals surface area contributed by atoms with Crippen LogP contribution in [0.3, 0.4) is 0 Å². The zero-order valence-corrected chi connectivity index (χ0v) is 21.2. The summed E-state index contributed by atoms with van der Waals surface area (Å²) in [6.45, 7) is 0.258. The molecule has 4 amide bonds. The van der Waals surface area contributed by atoms with Gasteiger partial charge in [-0.05, 0) is 25.7 Å². The first-order valence-corrected chi connectivity index (χ1v) is 11.6. The number of rotatable bonds is 19.